The molecule has 0 aliphatic heterocycles. The second kappa shape index (κ2) is 5.68. The first-order chi connectivity index (χ1) is 9.37. The SMILES string of the molecule is O=C(OCC(F)(F)F)N(Cc1ccccc1F)C1CC1. The second-order valence-electron chi connectivity index (χ2n) is 4.62. The smallest absolute Gasteiger partial charge is 0.422 e. The maximum atomic E-state index is 13.5. The highest BCUT2D eigenvalue weighted by atomic mass is 19.4. The number of carbonyl (C=O) groups excluding carboxylic acids is 1. The van der Waals surface area contributed by atoms with Crippen LogP contribution in [-0.2, 0) is 11.3 Å². The minimum atomic E-state index is -4.57. The topological polar surface area (TPSA) is 29.5 Å². The van der Waals surface area contributed by atoms with Gasteiger partial charge >= 0.3 is 12.3 Å². The molecule has 0 radical (unpaired) electrons. The number of hydrogen-bond acceptors (Lipinski definition) is 2. The molecule has 3 nitrogen and oxygen atoms in total. The van der Waals surface area contributed by atoms with Crippen LogP contribution in [-0.4, -0.2) is 29.8 Å². The molecule has 1 amide bonds. The Morgan fingerprint density at radius 2 is 1.95 bits per heavy atom. The maximum absolute atomic E-state index is 13.5. The normalized spacial score (nSPS) is 15.0. The molecule has 1 saturated carbocycles. The van der Waals surface area contributed by atoms with Crippen molar-refractivity contribution in [1.82, 2.24) is 4.90 Å². The lowest BCUT2D eigenvalue weighted by molar-refractivity contribution is -0.162. The van der Waals surface area contributed by atoms with Crippen molar-refractivity contribution in [3.63, 3.8) is 0 Å². The monoisotopic (exact) mass is 291 g/mol. The first kappa shape index (κ1) is 14.6. The summed E-state index contributed by atoms with van der Waals surface area (Å²) in [7, 11) is 0. The van der Waals surface area contributed by atoms with Crippen LogP contribution < -0.4 is 0 Å². The van der Waals surface area contributed by atoms with Gasteiger partial charge in [-0.3, -0.25) is 0 Å². The number of nitrogens with zero attached hydrogens (tertiary/aromatic N) is 1. The predicted octanol–water partition coefficient (Wildman–Crippen LogP) is 3.49. The fourth-order valence-electron chi connectivity index (χ4n) is 1.77. The van der Waals surface area contributed by atoms with Crippen molar-refractivity contribution in [2.24, 2.45) is 0 Å². The van der Waals surface area contributed by atoms with Gasteiger partial charge in [-0.2, -0.15) is 13.2 Å². The summed E-state index contributed by atoms with van der Waals surface area (Å²) in [5, 5.41) is 0. The van der Waals surface area contributed by atoms with Gasteiger partial charge in [-0.05, 0) is 18.9 Å². The Bertz CT molecular complexity index is 486. The second-order valence-corrected chi connectivity index (χ2v) is 4.62. The number of benzene rings is 1. The van der Waals surface area contributed by atoms with Crippen molar-refractivity contribution in [3.05, 3.63) is 35.6 Å². The number of ether oxygens (including phenoxy) is 1. The molecule has 0 heterocycles. The van der Waals surface area contributed by atoms with E-state index in [1.165, 1.54) is 18.2 Å². The zero-order valence-electron chi connectivity index (χ0n) is 10.5. The third-order valence-corrected chi connectivity index (χ3v) is 2.88. The summed E-state index contributed by atoms with van der Waals surface area (Å²) in [4.78, 5) is 12.8. The van der Waals surface area contributed by atoms with Crippen molar-refractivity contribution in [2.75, 3.05) is 6.61 Å². The molecule has 2 rings (SSSR count). The Balaban J connectivity index is 2.01. The summed E-state index contributed by atoms with van der Waals surface area (Å²) in [6.45, 7) is -1.72. The summed E-state index contributed by atoms with van der Waals surface area (Å²) < 4.78 is 53.8. The van der Waals surface area contributed by atoms with Crippen LogP contribution in [0.4, 0.5) is 22.4 Å². The minimum absolute atomic E-state index is 0.0893. The molecule has 7 heteroatoms. The van der Waals surface area contributed by atoms with Gasteiger partial charge in [-0.15, -0.1) is 0 Å². The number of hydrogen-bond donors (Lipinski definition) is 0. The first-order valence-corrected chi connectivity index (χ1v) is 6.10. The molecule has 110 valence electrons. The highest BCUT2D eigenvalue weighted by Gasteiger charge is 2.36. The molecule has 1 fully saturated rings. The Morgan fingerprint density at radius 3 is 2.50 bits per heavy atom. The summed E-state index contributed by atoms with van der Waals surface area (Å²) >= 11 is 0. The molecule has 0 spiro atoms. The number of alkyl halides is 3. The van der Waals surface area contributed by atoms with Gasteiger partial charge in [0.05, 0.1) is 6.54 Å². The lowest BCUT2D eigenvalue weighted by Gasteiger charge is -2.22. The molecular formula is C13H13F4NO2. The number of carbonyl (C=O) groups is 1. The van der Waals surface area contributed by atoms with E-state index in [4.69, 9.17) is 0 Å². The average molecular weight is 291 g/mol. The van der Waals surface area contributed by atoms with Gasteiger partial charge in [-0.1, -0.05) is 18.2 Å². The lowest BCUT2D eigenvalue weighted by atomic mass is 10.2. The van der Waals surface area contributed by atoms with Crippen LogP contribution in [0.25, 0.3) is 0 Å². The number of amides is 1. The van der Waals surface area contributed by atoms with Gasteiger partial charge in [0.25, 0.3) is 0 Å². The zero-order chi connectivity index (χ0) is 14.8. The fraction of sp³-hybridized carbons (Fsp3) is 0.462. The van der Waals surface area contributed by atoms with E-state index in [-0.39, 0.29) is 18.2 Å². The van der Waals surface area contributed by atoms with Crippen molar-refractivity contribution < 1.29 is 27.1 Å². The molecule has 1 aliphatic rings. The summed E-state index contributed by atoms with van der Waals surface area (Å²) in [5.41, 5.74) is 0.253. The summed E-state index contributed by atoms with van der Waals surface area (Å²) in [5.74, 6) is -0.498. The standard InChI is InChI=1S/C13H13F4NO2/c14-11-4-2-1-3-9(11)7-18(10-5-6-10)12(19)20-8-13(15,16)17/h1-4,10H,5-8H2. The van der Waals surface area contributed by atoms with Gasteiger partial charge in [0.15, 0.2) is 6.61 Å². The summed E-state index contributed by atoms with van der Waals surface area (Å²) in [6.07, 6.45) is -4.25. The molecule has 0 saturated heterocycles. The van der Waals surface area contributed by atoms with E-state index in [1.54, 1.807) is 6.07 Å². The van der Waals surface area contributed by atoms with Crippen LogP contribution in [0.3, 0.4) is 0 Å². The van der Waals surface area contributed by atoms with Crippen LogP contribution in [0.1, 0.15) is 18.4 Å². The molecule has 1 aliphatic carbocycles. The predicted molar refractivity (Wildman–Crippen MR) is 62.4 cm³/mol. The van der Waals surface area contributed by atoms with E-state index < -0.39 is 24.7 Å². The maximum Gasteiger partial charge on any atom is 0.422 e. The molecule has 0 bridgehead atoms. The van der Waals surface area contributed by atoms with Crippen molar-refractivity contribution in [1.29, 1.82) is 0 Å². The van der Waals surface area contributed by atoms with E-state index in [1.807, 2.05) is 0 Å². The largest absolute Gasteiger partial charge is 0.440 e. The molecule has 20 heavy (non-hydrogen) atoms. The molecule has 0 unspecified atom stereocenters. The van der Waals surface area contributed by atoms with Crippen LogP contribution in [0.2, 0.25) is 0 Å². The van der Waals surface area contributed by atoms with Gasteiger partial charge in [0.2, 0.25) is 0 Å². The summed E-state index contributed by atoms with van der Waals surface area (Å²) in [6, 6.07) is 5.66. The number of rotatable bonds is 4. The lowest BCUT2D eigenvalue weighted by Crippen LogP contribution is -2.35. The minimum Gasteiger partial charge on any atom is -0.440 e. The Kier molecular flexibility index (Phi) is 4.15. The van der Waals surface area contributed by atoms with E-state index in [9.17, 15) is 22.4 Å². The Labute approximate surface area is 113 Å². The first-order valence-electron chi connectivity index (χ1n) is 6.10. The Hall–Kier alpha value is -1.79. The van der Waals surface area contributed by atoms with Crippen LogP contribution >= 0.6 is 0 Å². The quantitative estimate of drug-likeness (QED) is 0.795. The van der Waals surface area contributed by atoms with Gasteiger partial charge in [0, 0.05) is 11.6 Å². The third kappa shape index (κ3) is 4.11. The van der Waals surface area contributed by atoms with Crippen molar-refractivity contribution in [2.45, 2.75) is 31.6 Å². The molecule has 1 aromatic rings. The van der Waals surface area contributed by atoms with Gasteiger partial charge in [-0.25, -0.2) is 9.18 Å². The molecule has 0 N–H and O–H groups in total. The van der Waals surface area contributed by atoms with Crippen molar-refractivity contribution in [3.8, 4) is 0 Å². The van der Waals surface area contributed by atoms with Crippen LogP contribution in [0.5, 0.6) is 0 Å². The van der Waals surface area contributed by atoms with Gasteiger partial charge < -0.3 is 9.64 Å². The van der Waals surface area contributed by atoms with Crippen molar-refractivity contribution >= 4 is 6.09 Å². The zero-order valence-corrected chi connectivity index (χ0v) is 10.5. The molecule has 0 atom stereocenters. The average Bonchev–Trinajstić information content (AvgIpc) is 3.18. The van der Waals surface area contributed by atoms with E-state index >= 15 is 0 Å². The highest BCUT2D eigenvalue weighted by Crippen LogP contribution is 2.29. The Morgan fingerprint density at radius 1 is 1.30 bits per heavy atom. The number of halogens is 4. The van der Waals surface area contributed by atoms with Gasteiger partial charge in [0.1, 0.15) is 5.82 Å². The fourth-order valence-corrected chi connectivity index (χ4v) is 1.77. The molecule has 1 aromatic carbocycles. The van der Waals surface area contributed by atoms with E-state index in [0.29, 0.717) is 12.8 Å². The molecule has 0 aromatic heterocycles. The highest BCUT2D eigenvalue weighted by molar-refractivity contribution is 5.68. The van der Waals surface area contributed by atoms with E-state index in [0.717, 1.165) is 4.90 Å². The van der Waals surface area contributed by atoms with Crippen LogP contribution in [0, 0.1) is 5.82 Å². The van der Waals surface area contributed by atoms with Crippen LogP contribution in [0.15, 0.2) is 24.3 Å². The third-order valence-electron chi connectivity index (χ3n) is 2.88. The molecular weight excluding hydrogens is 278 g/mol. The van der Waals surface area contributed by atoms with E-state index in [2.05, 4.69) is 4.74 Å².